The van der Waals surface area contributed by atoms with Gasteiger partial charge >= 0.3 is 5.97 Å². The number of para-hydroxylation sites is 1. The second kappa shape index (κ2) is 8.81. The van der Waals surface area contributed by atoms with Crippen molar-refractivity contribution in [3.05, 3.63) is 99.6 Å². The number of carboxylic acid groups (broad SMARTS) is 1. The SMILES string of the molecule is O=C(O)c1ccccc1Nc1ccc(CCCc2cccc([N+](=O)[O-])c2)cc1. The van der Waals surface area contributed by atoms with Gasteiger partial charge in [-0.2, -0.15) is 0 Å². The fourth-order valence-electron chi connectivity index (χ4n) is 3.01. The zero-order valence-electron chi connectivity index (χ0n) is 15.2. The summed E-state index contributed by atoms with van der Waals surface area (Å²) >= 11 is 0. The molecule has 0 radical (unpaired) electrons. The van der Waals surface area contributed by atoms with Crippen molar-refractivity contribution in [1.82, 2.24) is 0 Å². The minimum Gasteiger partial charge on any atom is -0.478 e. The predicted octanol–water partition coefficient (Wildman–Crippen LogP) is 5.21. The predicted molar refractivity (Wildman–Crippen MR) is 108 cm³/mol. The molecule has 3 aromatic carbocycles. The molecule has 0 fully saturated rings. The van der Waals surface area contributed by atoms with Gasteiger partial charge in [0.25, 0.3) is 5.69 Å². The van der Waals surface area contributed by atoms with E-state index < -0.39 is 5.97 Å². The van der Waals surface area contributed by atoms with Crippen LogP contribution < -0.4 is 5.32 Å². The first kappa shape index (κ1) is 19.1. The molecule has 28 heavy (non-hydrogen) atoms. The maximum absolute atomic E-state index is 11.3. The molecule has 0 bridgehead atoms. The topological polar surface area (TPSA) is 92.5 Å². The largest absolute Gasteiger partial charge is 0.478 e. The van der Waals surface area contributed by atoms with E-state index >= 15 is 0 Å². The first-order valence-corrected chi connectivity index (χ1v) is 8.94. The van der Waals surface area contributed by atoms with Gasteiger partial charge in [-0.1, -0.05) is 36.4 Å². The van der Waals surface area contributed by atoms with Crippen LogP contribution in [0.15, 0.2) is 72.8 Å². The molecule has 0 aliphatic rings. The number of benzene rings is 3. The summed E-state index contributed by atoms with van der Waals surface area (Å²) in [6.07, 6.45) is 2.51. The number of carbonyl (C=O) groups is 1. The van der Waals surface area contributed by atoms with E-state index in [1.807, 2.05) is 30.3 Å². The van der Waals surface area contributed by atoms with Gasteiger partial charge < -0.3 is 10.4 Å². The number of nitro benzene ring substituents is 1. The van der Waals surface area contributed by atoms with Gasteiger partial charge in [0.2, 0.25) is 0 Å². The summed E-state index contributed by atoms with van der Waals surface area (Å²) in [7, 11) is 0. The average molecular weight is 376 g/mol. The van der Waals surface area contributed by atoms with Crippen LogP contribution in [-0.4, -0.2) is 16.0 Å². The molecule has 142 valence electrons. The molecule has 0 aliphatic carbocycles. The van der Waals surface area contributed by atoms with Crippen molar-refractivity contribution < 1.29 is 14.8 Å². The van der Waals surface area contributed by atoms with Crippen LogP contribution in [-0.2, 0) is 12.8 Å². The van der Waals surface area contributed by atoms with Crippen molar-refractivity contribution >= 4 is 23.0 Å². The highest BCUT2D eigenvalue weighted by atomic mass is 16.6. The van der Waals surface area contributed by atoms with Crippen molar-refractivity contribution in [2.24, 2.45) is 0 Å². The van der Waals surface area contributed by atoms with Gasteiger partial charge in [0.1, 0.15) is 0 Å². The maximum Gasteiger partial charge on any atom is 0.337 e. The summed E-state index contributed by atoms with van der Waals surface area (Å²) in [5.74, 6) is -0.971. The highest BCUT2D eigenvalue weighted by molar-refractivity contribution is 5.95. The second-order valence-corrected chi connectivity index (χ2v) is 6.45. The number of nitrogens with one attached hydrogen (secondary N) is 1. The van der Waals surface area contributed by atoms with Crippen LogP contribution in [0, 0.1) is 10.1 Å². The van der Waals surface area contributed by atoms with E-state index in [1.165, 1.54) is 6.07 Å². The van der Waals surface area contributed by atoms with Gasteiger partial charge in [-0.05, 0) is 54.7 Å². The Hall–Kier alpha value is -3.67. The Labute approximate surface area is 162 Å². The third-order valence-electron chi connectivity index (χ3n) is 4.44. The van der Waals surface area contributed by atoms with Crippen molar-refractivity contribution in [2.75, 3.05) is 5.32 Å². The molecule has 6 heteroatoms. The van der Waals surface area contributed by atoms with E-state index in [0.717, 1.165) is 36.1 Å². The maximum atomic E-state index is 11.3. The molecule has 0 aliphatic heterocycles. The smallest absolute Gasteiger partial charge is 0.337 e. The number of rotatable bonds is 8. The van der Waals surface area contributed by atoms with Crippen LogP contribution in [0.5, 0.6) is 0 Å². The zero-order valence-corrected chi connectivity index (χ0v) is 15.2. The molecule has 3 aromatic rings. The number of nitrogens with zero attached hydrogens (tertiary/aromatic N) is 1. The molecule has 0 saturated heterocycles. The van der Waals surface area contributed by atoms with E-state index in [-0.39, 0.29) is 16.2 Å². The summed E-state index contributed by atoms with van der Waals surface area (Å²) < 4.78 is 0. The zero-order chi connectivity index (χ0) is 19.9. The van der Waals surface area contributed by atoms with Gasteiger partial charge in [0.05, 0.1) is 16.2 Å². The third kappa shape index (κ3) is 4.94. The number of hydrogen-bond donors (Lipinski definition) is 2. The quantitative estimate of drug-likeness (QED) is 0.416. The highest BCUT2D eigenvalue weighted by Crippen LogP contribution is 2.22. The molecule has 0 unspecified atom stereocenters. The number of carboxylic acids is 1. The Morgan fingerprint density at radius 1 is 0.929 bits per heavy atom. The Morgan fingerprint density at radius 2 is 1.64 bits per heavy atom. The molecule has 0 amide bonds. The molecule has 0 saturated carbocycles. The van der Waals surface area contributed by atoms with E-state index in [2.05, 4.69) is 5.32 Å². The number of nitro groups is 1. The molecular formula is C22H20N2O4. The van der Waals surface area contributed by atoms with Crippen LogP contribution in [0.3, 0.4) is 0 Å². The van der Waals surface area contributed by atoms with Crippen LogP contribution >= 0.6 is 0 Å². The third-order valence-corrected chi connectivity index (χ3v) is 4.44. The lowest BCUT2D eigenvalue weighted by atomic mass is 10.0. The molecule has 6 nitrogen and oxygen atoms in total. The first-order valence-electron chi connectivity index (χ1n) is 8.94. The lowest BCUT2D eigenvalue weighted by Gasteiger charge is -2.10. The lowest BCUT2D eigenvalue weighted by molar-refractivity contribution is -0.384. The molecule has 0 spiro atoms. The standard InChI is InChI=1S/C22H20N2O4/c25-22(26)20-9-1-2-10-21(20)23-18-13-11-16(12-14-18)5-3-6-17-7-4-8-19(15-17)24(27)28/h1-2,4,7-15,23H,3,5-6H2,(H,25,26). The van der Waals surface area contributed by atoms with E-state index in [1.54, 1.807) is 36.4 Å². The summed E-state index contributed by atoms with van der Waals surface area (Å²) in [5.41, 5.74) is 3.82. The van der Waals surface area contributed by atoms with Crippen LogP contribution in [0.1, 0.15) is 27.9 Å². The van der Waals surface area contributed by atoms with Crippen molar-refractivity contribution in [3.8, 4) is 0 Å². The summed E-state index contributed by atoms with van der Waals surface area (Å²) in [6, 6.07) is 21.3. The van der Waals surface area contributed by atoms with E-state index in [0.29, 0.717) is 5.69 Å². The Kier molecular flexibility index (Phi) is 6.01. The van der Waals surface area contributed by atoms with Crippen molar-refractivity contribution in [2.45, 2.75) is 19.3 Å². The molecular weight excluding hydrogens is 356 g/mol. The van der Waals surface area contributed by atoms with Crippen molar-refractivity contribution in [3.63, 3.8) is 0 Å². The average Bonchev–Trinajstić information content (AvgIpc) is 2.70. The van der Waals surface area contributed by atoms with Gasteiger partial charge in [0.15, 0.2) is 0 Å². The highest BCUT2D eigenvalue weighted by Gasteiger charge is 2.09. The van der Waals surface area contributed by atoms with Gasteiger partial charge in [-0.3, -0.25) is 10.1 Å². The Morgan fingerprint density at radius 3 is 2.36 bits per heavy atom. The summed E-state index contributed by atoms with van der Waals surface area (Å²) in [6.45, 7) is 0. The Balaban J connectivity index is 1.57. The van der Waals surface area contributed by atoms with E-state index in [9.17, 15) is 20.0 Å². The molecule has 0 aromatic heterocycles. The fourth-order valence-corrected chi connectivity index (χ4v) is 3.01. The number of hydrogen-bond acceptors (Lipinski definition) is 4. The summed E-state index contributed by atoms with van der Waals surface area (Å²) in [5, 5.41) is 23.2. The number of non-ortho nitro benzene ring substituents is 1. The van der Waals surface area contributed by atoms with Crippen LogP contribution in [0.4, 0.5) is 17.1 Å². The van der Waals surface area contributed by atoms with Gasteiger partial charge in [-0.25, -0.2) is 4.79 Å². The monoisotopic (exact) mass is 376 g/mol. The molecule has 0 atom stereocenters. The number of anilines is 2. The van der Waals surface area contributed by atoms with Crippen molar-refractivity contribution in [1.29, 1.82) is 0 Å². The van der Waals surface area contributed by atoms with E-state index in [4.69, 9.17) is 0 Å². The van der Waals surface area contributed by atoms with Crippen LogP contribution in [0.2, 0.25) is 0 Å². The normalized spacial score (nSPS) is 10.4. The minimum atomic E-state index is -0.971. The molecule has 2 N–H and O–H groups in total. The minimum absolute atomic E-state index is 0.120. The fraction of sp³-hybridized carbons (Fsp3) is 0.136. The number of aryl methyl sites for hydroxylation is 2. The molecule has 3 rings (SSSR count). The number of aromatic carboxylic acids is 1. The Bertz CT molecular complexity index is 984. The van der Waals surface area contributed by atoms with Crippen LogP contribution in [0.25, 0.3) is 0 Å². The summed E-state index contributed by atoms with van der Waals surface area (Å²) in [4.78, 5) is 21.7. The first-order chi connectivity index (χ1) is 13.5. The van der Waals surface area contributed by atoms with Gasteiger partial charge in [-0.15, -0.1) is 0 Å². The lowest BCUT2D eigenvalue weighted by Crippen LogP contribution is -2.02. The molecule has 0 heterocycles. The second-order valence-electron chi connectivity index (χ2n) is 6.45. The van der Waals surface area contributed by atoms with Gasteiger partial charge in [0, 0.05) is 17.8 Å².